The summed E-state index contributed by atoms with van der Waals surface area (Å²) in [5.74, 6) is -2.96. The number of hydrogen-bond donors (Lipinski definition) is 2. The van der Waals surface area contributed by atoms with E-state index in [1.165, 1.54) is 0 Å². The number of halogens is 3. The zero-order chi connectivity index (χ0) is 14.8. The molecule has 0 heterocycles. The molecule has 1 aromatic carbocycles. The van der Waals surface area contributed by atoms with E-state index >= 15 is 0 Å². The largest absolute Gasteiger partial charge is 0.508 e. The minimum Gasteiger partial charge on any atom is -0.508 e. The van der Waals surface area contributed by atoms with E-state index in [1.807, 2.05) is 13.8 Å². The molecule has 3 nitrogen and oxygen atoms in total. The normalized spacial score (nSPS) is 11.9. The average molecular weight is 276 g/mol. The van der Waals surface area contributed by atoms with Gasteiger partial charge in [0.1, 0.15) is 11.5 Å². The van der Waals surface area contributed by atoms with Crippen LogP contribution in [0.5, 0.6) is 11.5 Å². The van der Waals surface area contributed by atoms with Crippen LogP contribution >= 0.6 is 0 Å². The molecule has 0 amide bonds. The summed E-state index contributed by atoms with van der Waals surface area (Å²) < 4.78 is 37.0. The van der Waals surface area contributed by atoms with Gasteiger partial charge in [-0.15, -0.1) is 0 Å². The van der Waals surface area contributed by atoms with Gasteiger partial charge in [-0.1, -0.05) is 13.8 Å². The number of alkyl halides is 3. The summed E-state index contributed by atoms with van der Waals surface area (Å²) in [5, 5.41) is 19.3. The molecule has 0 bridgehead atoms. The van der Waals surface area contributed by atoms with Crippen molar-refractivity contribution in [2.45, 2.75) is 32.9 Å². The Morgan fingerprint density at radius 3 is 2.32 bits per heavy atom. The monoisotopic (exact) mass is 276 g/mol. The third-order valence-corrected chi connectivity index (χ3v) is 2.73. The van der Waals surface area contributed by atoms with Crippen molar-refractivity contribution in [3.63, 3.8) is 0 Å². The zero-order valence-corrected chi connectivity index (χ0v) is 10.6. The molecule has 6 heteroatoms. The van der Waals surface area contributed by atoms with Crippen LogP contribution in [-0.2, 0) is 6.42 Å². The van der Waals surface area contributed by atoms with E-state index < -0.39 is 23.3 Å². The first-order chi connectivity index (χ1) is 8.64. The molecule has 0 aliphatic heterocycles. The van der Waals surface area contributed by atoms with Gasteiger partial charge in [-0.2, -0.15) is 13.2 Å². The molecule has 1 aromatic rings. The number of aromatic hydroxyl groups is 2. The van der Waals surface area contributed by atoms with Gasteiger partial charge in [0.2, 0.25) is 0 Å². The number of Topliss-reactive ketones (excluding diaryl/α,β-unsaturated/α-hetero) is 1. The summed E-state index contributed by atoms with van der Waals surface area (Å²) >= 11 is 0. The van der Waals surface area contributed by atoms with Crippen molar-refractivity contribution in [3.05, 3.63) is 23.3 Å². The van der Waals surface area contributed by atoms with Crippen LogP contribution in [0.2, 0.25) is 0 Å². The van der Waals surface area contributed by atoms with Crippen molar-refractivity contribution >= 4 is 5.78 Å². The lowest BCUT2D eigenvalue weighted by atomic mass is 9.97. The highest BCUT2D eigenvalue weighted by atomic mass is 19.4. The number of carbonyl (C=O) groups is 1. The Hall–Kier alpha value is -1.72. The first-order valence-corrected chi connectivity index (χ1v) is 5.80. The van der Waals surface area contributed by atoms with Crippen molar-refractivity contribution in [1.82, 2.24) is 0 Å². The van der Waals surface area contributed by atoms with E-state index in [1.54, 1.807) is 0 Å². The van der Waals surface area contributed by atoms with Gasteiger partial charge in [0.05, 0.1) is 5.56 Å². The van der Waals surface area contributed by atoms with Crippen LogP contribution in [0.15, 0.2) is 12.1 Å². The van der Waals surface area contributed by atoms with Gasteiger partial charge in [-0.3, -0.25) is 4.79 Å². The van der Waals surface area contributed by atoms with E-state index in [2.05, 4.69) is 0 Å². The SMILES string of the molecule is CC(C)CCc1c(O)ccc(C(=O)C(F)(F)F)c1O. The van der Waals surface area contributed by atoms with Crippen LogP contribution in [0.25, 0.3) is 0 Å². The molecule has 106 valence electrons. The van der Waals surface area contributed by atoms with Gasteiger partial charge in [0.15, 0.2) is 0 Å². The third-order valence-electron chi connectivity index (χ3n) is 2.73. The molecule has 0 saturated carbocycles. The van der Waals surface area contributed by atoms with Crippen LogP contribution in [-0.4, -0.2) is 22.2 Å². The molecule has 0 aliphatic carbocycles. The Morgan fingerprint density at radius 2 is 1.84 bits per heavy atom. The minimum absolute atomic E-state index is 0.0243. The number of hydrogen-bond acceptors (Lipinski definition) is 3. The van der Waals surface area contributed by atoms with Crippen LogP contribution < -0.4 is 0 Å². The van der Waals surface area contributed by atoms with Crippen molar-refractivity contribution in [1.29, 1.82) is 0 Å². The number of benzene rings is 1. The summed E-state index contributed by atoms with van der Waals surface area (Å²) in [6.07, 6.45) is -4.27. The van der Waals surface area contributed by atoms with Gasteiger partial charge < -0.3 is 10.2 Å². The highest BCUT2D eigenvalue weighted by molar-refractivity contribution is 6.03. The number of carbonyl (C=O) groups excluding carboxylic acids is 1. The van der Waals surface area contributed by atoms with Crippen molar-refractivity contribution in [2.24, 2.45) is 5.92 Å². The topological polar surface area (TPSA) is 57.5 Å². The molecule has 2 N–H and O–H groups in total. The number of phenolic OH excluding ortho intramolecular Hbond substituents is 2. The third kappa shape index (κ3) is 3.62. The predicted molar refractivity (Wildman–Crippen MR) is 63.3 cm³/mol. The van der Waals surface area contributed by atoms with Crippen LogP contribution in [0.3, 0.4) is 0 Å². The second kappa shape index (κ2) is 5.50. The smallest absolute Gasteiger partial charge is 0.455 e. The summed E-state index contributed by atoms with van der Waals surface area (Å²) in [7, 11) is 0. The maximum Gasteiger partial charge on any atom is 0.455 e. The summed E-state index contributed by atoms with van der Waals surface area (Å²) in [6, 6.07) is 1.77. The van der Waals surface area contributed by atoms with Crippen LogP contribution in [0.1, 0.15) is 36.2 Å². The predicted octanol–water partition coefficient (Wildman–Crippen LogP) is 3.43. The Balaban J connectivity index is 3.17. The number of rotatable bonds is 4. The first-order valence-electron chi connectivity index (χ1n) is 5.80. The second-order valence-corrected chi connectivity index (χ2v) is 4.72. The molecule has 0 spiro atoms. The molecule has 0 radical (unpaired) electrons. The molecule has 0 aromatic heterocycles. The fourth-order valence-electron chi connectivity index (χ4n) is 1.64. The standard InChI is InChI=1S/C13H15F3O3/c1-7(2)3-4-8-10(17)6-5-9(11(8)18)12(19)13(14,15)16/h5-7,17-18H,3-4H2,1-2H3. The van der Waals surface area contributed by atoms with Gasteiger partial charge in [0.25, 0.3) is 5.78 Å². The molecule has 1 rings (SSSR count). The molecule has 19 heavy (non-hydrogen) atoms. The van der Waals surface area contributed by atoms with E-state index in [-0.39, 0.29) is 23.7 Å². The van der Waals surface area contributed by atoms with Crippen LogP contribution in [0, 0.1) is 5.92 Å². The van der Waals surface area contributed by atoms with Crippen LogP contribution in [0.4, 0.5) is 13.2 Å². The van der Waals surface area contributed by atoms with Gasteiger partial charge >= 0.3 is 6.18 Å². The van der Waals surface area contributed by atoms with Crippen molar-refractivity contribution in [2.75, 3.05) is 0 Å². The maximum atomic E-state index is 12.3. The van der Waals surface area contributed by atoms with E-state index in [0.29, 0.717) is 6.42 Å². The summed E-state index contributed by atoms with van der Waals surface area (Å²) in [6.45, 7) is 3.80. The second-order valence-electron chi connectivity index (χ2n) is 4.72. The fraction of sp³-hybridized carbons (Fsp3) is 0.462. The molecular weight excluding hydrogens is 261 g/mol. The fourth-order valence-corrected chi connectivity index (χ4v) is 1.64. The Kier molecular flexibility index (Phi) is 4.44. The molecule has 0 fully saturated rings. The number of ketones is 1. The van der Waals surface area contributed by atoms with E-state index in [9.17, 15) is 28.2 Å². The van der Waals surface area contributed by atoms with Crippen molar-refractivity contribution < 1.29 is 28.2 Å². The number of phenols is 2. The summed E-state index contributed by atoms with van der Waals surface area (Å²) in [4.78, 5) is 11.1. The zero-order valence-electron chi connectivity index (χ0n) is 10.6. The molecule has 0 saturated heterocycles. The van der Waals surface area contributed by atoms with Crippen molar-refractivity contribution in [3.8, 4) is 11.5 Å². The van der Waals surface area contributed by atoms with Gasteiger partial charge in [-0.05, 0) is 30.9 Å². The van der Waals surface area contributed by atoms with Gasteiger partial charge in [0, 0.05) is 5.56 Å². The minimum atomic E-state index is -5.05. The molecular formula is C13H15F3O3. The average Bonchev–Trinajstić information content (AvgIpc) is 2.26. The van der Waals surface area contributed by atoms with Gasteiger partial charge in [-0.25, -0.2) is 0 Å². The first kappa shape index (κ1) is 15.3. The lowest BCUT2D eigenvalue weighted by Gasteiger charge is -2.13. The lowest BCUT2D eigenvalue weighted by molar-refractivity contribution is -0.0886. The lowest BCUT2D eigenvalue weighted by Crippen LogP contribution is -2.23. The Morgan fingerprint density at radius 1 is 1.26 bits per heavy atom. The maximum absolute atomic E-state index is 12.3. The molecule has 0 unspecified atom stereocenters. The Labute approximate surface area is 108 Å². The Bertz CT molecular complexity index is 479. The van der Waals surface area contributed by atoms with E-state index in [4.69, 9.17) is 0 Å². The summed E-state index contributed by atoms with van der Waals surface area (Å²) in [5.41, 5.74) is -0.854. The highest BCUT2D eigenvalue weighted by Gasteiger charge is 2.41. The highest BCUT2D eigenvalue weighted by Crippen LogP contribution is 2.35. The quantitative estimate of drug-likeness (QED) is 0.828. The molecule has 0 atom stereocenters. The molecule has 0 aliphatic rings. The van der Waals surface area contributed by atoms with E-state index in [0.717, 1.165) is 12.1 Å².